The molecule has 2 aromatic heterocycles. The van der Waals surface area contributed by atoms with Gasteiger partial charge in [-0.3, -0.25) is 0 Å². The van der Waals surface area contributed by atoms with Crippen LogP contribution < -0.4 is 4.74 Å². The second-order valence-electron chi connectivity index (χ2n) is 16.7. The molecule has 0 atom stereocenters. The Bertz CT molecular complexity index is 3190. The number of ether oxygens (including phenoxy) is 1. The third-order valence-electron chi connectivity index (χ3n) is 12.1. The van der Waals surface area contributed by atoms with Gasteiger partial charge in [0.25, 0.3) is 0 Å². The lowest BCUT2D eigenvalue weighted by Crippen LogP contribution is -2.24. The van der Waals surface area contributed by atoms with Crippen molar-refractivity contribution in [2.75, 3.05) is 0 Å². The van der Waals surface area contributed by atoms with Gasteiger partial charge >= 0.3 is 0 Å². The number of rotatable bonds is 10. The van der Waals surface area contributed by atoms with Crippen molar-refractivity contribution in [1.82, 2.24) is 19.9 Å². The van der Waals surface area contributed by atoms with Gasteiger partial charge in [0, 0.05) is 44.4 Å². The molecule has 3 heterocycles. The molecule has 0 spiro atoms. The van der Waals surface area contributed by atoms with Gasteiger partial charge in [-0.1, -0.05) is 196 Å². The predicted molar refractivity (Wildman–Crippen MR) is 267 cm³/mol. The van der Waals surface area contributed by atoms with E-state index in [1.807, 2.05) is 85.8 Å². The van der Waals surface area contributed by atoms with Crippen LogP contribution in [0.1, 0.15) is 37.6 Å². The topological polar surface area (TPSA) is 60.8 Å². The van der Waals surface area contributed by atoms with Gasteiger partial charge in [0.15, 0.2) is 11.6 Å². The number of fused-ring (bicyclic) bond motifs is 2. The van der Waals surface area contributed by atoms with Crippen molar-refractivity contribution in [3.05, 3.63) is 236 Å². The highest BCUT2D eigenvalue weighted by molar-refractivity contribution is 5.79. The van der Waals surface area contributed by atoms with Gasteiger partial charge in [-0.2, -0.15) is 0 Å². The van der Waals surface area contributed by atoms with Gasteiger partial charge in [-0.15, -0.1) is 0 Å². The average molecular weight is 839 g/mol. The molecule has 1 aliphatic heterocycles. The zero-order valence-electron chi connectivity index (χ0n) is 36.6. The highest BCUT2D eigenvalue weighted by Crippen LogP contribution is 2.50. The predicted octanol–water partition coefficient (Wildman–Crippen LogP) is 15.5. The Balaban J connectivity index is 0.936. The van der Waals surface area contributed by atoms with E-state index in [-0.39, 0.29) is 5.41 Å². The molecule has 0 aliphatic carbocycles. The minimum Gasteiger partial charge on any atom is -0.457 e. The Morgan fingerprint density at radius 2 is 0.846 bits per heavy atom. The first-order valence-corrected chi connectivity index (χ1v) is 21.9. The fourth-order valence-electron chi connectivity index (χ4n) is 8.56. The molecule has 0 N–H and O–H groups in total. The number of benzene rings is 7. The summed E-state index contributed by atoms with van der Waals surface area (Å²) in [5.74, 6) is 3.10. The van der Waals surface area contributed by atoms with E-state index in [0.29, 0.717) is 11.6 Å². The SMILES string of the molecule is C=C/C=C(\C=C/C)c1cc(-c2ccccc2)nc(-c2ccc(-c3ccc4c(c3)C(C)(C)c3cc(-c5ccc(-c6nc(-c7ccccc7)cc(-c7ccccc7)n6)cc5)ccc3O4)cc2)n1. The molecule has 7 aromatic carbocycles. The van der Waals surface area contributed by atoms with Crippen molar-refractivity contribution < 1.29 is 4.74 Å². The van der Waals surface area contributed by atoms with Gasteiger partial charge < -0.3 is 4.74 Å². The molecule has 5 heteroatoms. The lowest BCUT2D eigenvalue weighted by atomic mass is 9.74. The van der Waals surface area contributed by atoms with Gasteiger partial charge in [0.05, 0.1) is 22.8 Å². The monoisotopic (exact) mass is 838 g/mol. The lowest BCUT2D eigenvalue weighted by molar-refractivity contribution is 0.418. The van der Waals surface area contributed by atoms with E-state index in [4.69, 9.17) is 24.7 Å². The zero-order valence-corrected chi connectivity index (χ0v) is 36.6. The quantitative estimate of drug-likeness (QED) is 0.128. The van der Waals surface area contributed by atoms with E-state index in [0.717, 1.165) is 101 Å². The summed E-state index contributed by atoms with van der Waals surface area (Å²) in [5.41, 5.74) is 15.9. The second kappa shape index (κ2) is 17.5. The third-order valence-corrected chi connectivity index (χ3v) is 12.1. The van der Waals surface area contributed by atoms with Crippen LogP contribution in [-0.4, -0.2) is 19.9 Å². The lowest BCUT2D eigenvalue weighted by Gasteiger charge is -2.35. The van der Waals surface area contributed by atoms with Crippen LogP contribution in [0.4, 0.5) is 0 Å². The van der Waals surface area contributed by atoms with Crippen molar-refractivity contribution in [3.63, 3.8) is 0 Å². The van der Waals surface area contributed by atoms with Gasteiger partial charge in [-0.05, 0) is 71.1 Å². The summed E-state index contributed by atoms with van der Waals surface area (Å²) in [5, 5.41) is 0. The summed E-state index contributed by atoms with van der Waals surface area (Å²) < 4.78 is 6.61. The van der Waals surface area contributed by atoms with Crippen LogP contribution >= 0.6 is 0 Å². The molecule has 312 valence electrons. The molecule has 10 rings (SSSR count). The average Bonchev–Trinajstić information content (AvgIpc) is 3.37. The maximum Gasteiger partial charge on any atom is 0.160 e. The highest BCUT2D eigenvalue weighted by Gasteiger charge is 2.35. The zero-order chi connectivity index (χ0) is 44.3. The summed E-state index contributed by atoms with van der Waals surface area (Å²) in [4.78, 5) is 20.2. The second-order valence-corrected chi connectivity index (χ2v) is 16.7. The molecule has 9 aromatic rings. The van der Waals surface area contributed by atoms with E-state index in [1.54, 1.807) is 6.08 Å². The molecule has 0 fully saturated rings. The Hall–Kier alpha value is -8.28. The molecule has 0 saturated heterocycles. The highest BCUT2D eigenvalue weighted by atomic mass is 16.5. The fraction of sp³-hybridized carbons (Fsp3) is 0.0667. The maximum atomic E-state index is 6.61. The molecule has 1 aliphatic rings. The Morgan fingerprint density at radius 1 is 0.446 bits per heavy atom. The van der Waals surface area contributed by atoms with Gasteiger partial charge in [0.1, 0.15) is 11.5 Å². The summed E-state index contributed by atoms with van der Waals surface area (Å²) in [6.45, 7) is 10.5. The maximum absolute atomic E-state index is 6.61. The molecule has 0 saturated carbocycles. The van der Waals surface area contributed by atoms with Crippen LogP contribution in [0.5, 0.6) is 11.5 Å². The standard InChI is InChI=1S/C60H46N4O/c1-5-16-42(17-6-2)52-38-53(43-18-10-7-11-19-43)62-58(61-52)46-28-24-40(25-29-46)48-32-34-56-50(36-48)60(3,4)51-37-49(33-35-57(51)65-56)41-26-30-47(31-27-41)59-63-54(44-20-12-8-13-21-44)39-55(64-59)45-22-14-9-15-23-45/h5-39H,1H2,2-4H3/b17-6-,42-16+. The number of allylic oxidation sites excluding steroid dienone is 5. The van der Waals surface area contributed by atoms with Crippen LogP contribution in [0.3, 0.4) is 0 Å². The van der Waals surface area contributed by atoms with E-state index >= 15 is 0 Å². The molecule has 65 heavy (non-hydrogen) atoms. The third kappa shape index (κ3) is 8.24. The minimum atomic E-state index is -0.333. The van der Waals surface area contributed by atoms with Crippen LogP contribution in [0.25, 0.3) is 84.4 Å². The van der Waals surface area contributed by atoms with Gasteiger partial charge in [-0.25, -0.2) is 19.9 Å². The van der Waals surface area contributed by atoms with Crippen molar-refractivity contribution in [2.24, 2.45) is 0 Å². The smallest absolute Gasteiger partial charge is 0.160 e. The number of aromatic nitrogens is 4. The van der Waals surface area contributed by atoms with E-state index in [1.165, 1.54) is 0 Å². The molecular weight excluding hydrogens is 793 g/mol. The van der Waals surface area contributed by atoms with Crippen LogP contribution in [0.15, 0.2) is 219 Å². The number of nitrogens with zero attached hydrogens (tertiary/aromatic N) is 4. The molecule has 0 radical (unpaired) electrons. The Labute approximate surface area is 380 Å². The van der Waals surface area contributed by atoms with Crippen LogP contribution in [-0.2, 0) is 5.41 Å². The molecular formula is C60H46N4O. The number of hydrogen-bond acceptors (Lipinski definition) is 5. The van der Waals surface area contributed by atoms with E-state index in [9.17, 15) is 0 Å². The molecule has 0 amide bonds. The van der Waals surface area contributed by atoms with Crippen molar-refractivity contribution >= 4 is 5.57 Å². The molecule has 0 bridgehead atoms. The van der Waals surface area contributed by atoms with Crippen molar-refractivity contribution in [1.29, 1.82) is 0 Å². The van der Waals surface area contributed by atoms with Gasteiger partial charge in [0.2, 0.25) is 0 Å². The van der Waals surface area contributed by atoms with Crippen LogP contribution in [0.2, 0.25) is 0 Å². The van der Waals surface area contributed by atoms with Crippen molar-refractivity contribution in [2.45, 2.75) is 26.2 Å². The van der Waals surface area contributed by atoms with E-state index in [2.05, 4.69) is 148 Å². The molecule has 5 nitrogen and oxygen atoms in total. The Morgan fingerprint density at radius 3 is 1.28 bits per heavy atom. The van der Waals surface area contributed by atoms with Crippen molar-refractivity contribution in [3.8, 4) is 90.3 Å². The first-order valence-electron chi connectivity index (χ1n) is 21.9. The first kappa shape index (κ1) is 40.8. The fourth-order valence-corrected chi connectivity index (χ4v) is 8.56. The summed E-state index contributed by atoms with van der Waals surface area (Å²) in [6, 6.07) is 65.0. The van der Waals surface area contributed by atoms with Crippen LogP contribution in [0, 0.1) is 0 Å². The number of hydrogen-bond donors (Lipinski definition) is 0. The van der Waals surface area contributed by atoms with E-state index < -0.39 is 0 Å². The largest absolute Gasteiger partial charge is 0.457 e. The molecule has 0 unspecified atom stereocenters. The minimum absolute atomic E-state index is 0.333. The summed E-state index contributed by atoms with van der Waals surface area (Å²) >= 11 is 0. The summed E-state index contributed by atoms with van der Waals surface area (Å²) in [6.07, 6.45) is 7.83. The Kier molecular flexibility index (Phi) is 11.0. The summed E-state index contributed by atoms with van der Waals surface area (Å²) in [7, 11) is 0. The first-order chi connectivity index (χ1) is 31.8. The normalized spacial score (nSPS) is 12.9.